The van der Waals surface area contributed by atoms with Crippen molar-refractivity contribution in [2.24, 2.45) is 0 Å². The Morgan fingerprint density at radius 3 is 2.38 bits per heavy atom. The van der Waals surface area contributed by atoms with Gasteiger partial charge in [0.15, 0.2) is 0 Å². The standard InChI is InChI=1S/C16H19N3O4S/c1-3-23-13-6-9-16(15(17)10-13)19-24(21,22)14-7-4-12(5-8-14)18-11(2)20/h4-10,19H,3,17H2,1-2H3,(H,18,20). The van der Waals surface area contributed by atoms with Crippen molar-refractivity contribution in [2.75, 3.05) is 22.4 Å². The fourth-order valence-electron chi connectivity index (χ4n) is 2.01. The van der Waals surface area contributed by atoms with E-state index in [-0.39, 0.29) is 22.2 Å². The predicted octanol–water partition coefficient (Wildman–Crippen LogP) is 2.43. The van der Waals surface area contributed by atoms with E-state index in [1.54, 1.807) is 18.2 Å². The van der Waals surface area contributed by atoms with Crippen LogP contribution in [0.5, 0.6) is 5.75 Å². The lowest BCUT2D eigenvalue weighted by atomic mass is 10.2. The lowest BCUT2D eigenvalue weighted by Crippen LogP contribution is -2.14. The zero-order valence-corrected chi connectivity index (χ0v) is 14.2. The van der Waals surface area contributed by atoms with Gasteiger partial charge in [-0.05, 0) is 43.3 Å². The van der Waals surface area contributed by atoms with Crippen LogP contribution in [-0.2, 0) is 14.8 Å². The molecule has 128 valence electrons. The summed E-state index contributed by atoms with van der Waals surface area (Å²) in [4.78, 5) is 11.0. The van der Waals surface area contributed by atoms with E-state index in [1.807, 2.05) is 6.92 Å². The molecule has 7 nitrogen and oxygen atoms in total. The van der Waals surface area contributed by atoms with Crippen LogP contribution in [0.15, 0.2) is 47.4 Å². The van der Waals surface area contributed by atoms with Gasteiger partial charge in [0, 0.05) is 18.7 Å². The number of nitrogens with two attached hydrogens (primary N) is 1. The van der Waals surface area contributed by atoms with E-state index in [0.717, 1.165) is 0 Å². The van der Waals surface area contributed by atoms with Crippen LogP contribution in [0.25, 0.3) is 0 Å². The van der Waals surface area contributed by atoms with Crippen molar-refractivity contribution in [1.82, 2.24) is 0 Å². The number of nitrogen functional groups attached to an aromatic ring is 1. The Morgan fingerprint density at radius 2 is 1.83 bits per heavy atom. The minimum absolute atomic E-state index is 0.0601. The molecule has 0 saturated heterocycles. The largest absolute Gasteiger partial charge is 0.494 e. The van der Waals surface area contributed by atoms with Gasteiger partial charge < -0.3 is 15.8 Å². The molecule has 1 amide bonds. The molecule has 0 aliphatic carbocycles. The third-order valence-electron chi connectivity index (χ3n) is 3.06. The summed E-state index contributed by atoms with van der Waals surface area (Å²) >= 11 is 0. The summed E-state index contributed by atoms with van der Waals surface area (Å²) in [7, 11) is -3.79. The topological polar surface area (TPSA) is 111 Å². The molecule has 8 heteroatoms. The second-order valence-electron chi connectivity index (χ2n) is 4.99. The fraction of sp³-hybridized carbons (Fsp3) is 0.188. The average molecular weight is 349 g/mol. The molecule has 0 aromatic heterocycles. The van der Waals surface area contributed by atoms with E-state index in [4.69, 9.17) is 10.5 Å². The van der Waals surface area contributed by atoms with Gasteiger partial charge in [-0.1, -0.05) is 0 Å². The zero-order chi connectivity index (χ0) is 17.7. The Bertz CT molecular complexity index is 833. The second kappa shape index (κ2) is 7.22. The van der Waals surface area contributed by atoms with Gasteiger partial charge >= 0.3 is 0 Å². The van der Waals surface area contributed by atoms with E-state index < -0.39 is 10.0 Å². The zero-order valence-electron chi connectivity index (χ0n) is 13.4. The van der Waals surface area contributed by atoms with E-state index in [9.17, 15) is 13.2 Å². The Kier molecular flexibility index (Phi) is 5.30. The van der Waals surface area contributed by atoms with E-state index in [1.165, 1.54) is 31.2 Å². The summed E-state index contributed by atoms with van der Waals surface area (Å²) in [6.45, 7) is 3.71. The highest BCUT2D eigenvalue weighted by Crippen LogP contribution is 2.27. The summed E-state index contributed by atoms with van der Waals surface area (Å²) in [6, 6.07) is 10.6. The maximum Gasteiger partial charge on any atom is 0.261 e. The quantitative estimate of drug-likeness (QED) is 0.694. The van der Waals surface area contributed by atoms with Crippen LogP contribution >= 0.6 is 0 Å². The van der Waals surface area contributed by atoms with Crippen molar-refractivity contribution in [3.63, 3.8) is 0 Å². The van der Waals surface area contributed by atoms with Crippen LogP contribution in [0.1, 0.15) is 13.8 Å². The molecule has 2 aromatic rings. The van der Waals surface area contributed by atoms with Crippen LogP contribution in [0.3, 0.4) is 0 Å². The first-order chi connectivity index (χ1) is 11.3. The molecule has 0 bridgehead atoms. The number of rotatable bonds is 6. The molecule has 0 saturated carbocycles. The Balaban J connectivity index is 2.20. The van der Waals surface area contributed by atoms with Crippen molar-refractivity contribution >= 4 is 33.0 Å². The number of carbonyl (C=O) groups is 1. The van der Waals surface area contributed by atoms with Gasteiger partial charge in [0.05, 0.1) is 22.9 Å². The van der Waals surface area contributed by atoms with Crippen molar-refractivity contribution in [3.05, 3.63) is 42.5 Å². The summed E-state index contributed by atoms with van der Waals surface area (Å²) in [5.74, 6) is 0.337. The maximum absolute atomic E-state index is 12.4. The van der Waals surface area contributed by atoms with Crippen LogP contribution < -0.4 is 20.5 Å². The highest BCUT2D eigenvalue weighted by atomic mass is 32.2. The van der Waals surface area contributed by atoms with Crippen LogP contribution in [0.2, 0.25) is 0 Å². The maximum atomic E-state index is 12.4. The first-order valence-electron chi connectivity index (χ1n) is 7.24. The van der Waals surface area contributed by atoms with Gasteiger partial charge in [0.1, 0.15) is 5.75 Å². The number of hydrogen-bond acceptors (Lipinski definition) is 5. The highest BCUT2D eigenvalue weighted by Gasteiger charge is 2.16. The highest BCUT2D eigenvalue weighted by molar-refractivity contribution is 7.92. The molecule has 0 unspecified atom stereocenters. The third-order valence-corrected chi connectivity index (χ3v) is 4.44. The predicted molar refractivity (Wildman–Crippen MR) is 93.6 cm³/mol. The SMILES string of the molecule is CCOc1ccc(NS(=O)(=O)c2ccc(NC(C)=O)cc2)c(N)c1. The van der Waals surface area contributed by atoms with Crippen molar-refractivity contribution < 1.29 is 17.9 Å². The lowest BCUT2D eigenvalue weighted by molar-refractivity contribution is -0.114. The van der Waals surface area contributed by atoms with Gasteiger partial charge in [-0.2, -0.15) is 0 Å². The molecule has 0 heterocycles. The monoisotopic (exact) mass is 349 g/mol. The molecule has 0 fully saturated rings. The molecule has 2 rings (SSSR count). The normalized spacial score (nSPS) is 10.9. The number of sulfonamides is 1. The minimum Gasteiger partial charge on any atom is -0.494 e. The summed E-state index contributed by atoms with van der Waals surface area (Å²) in [5.41, 5.74) is 6.91. The molecule has 4 N–H and O–H groups in total. The van der Waals surface area contributed by atoms with Gasteiger partial charge in [0.2, 0.25) is 5.91 Å². The number of carbonyl (C=O) groups excluding carboxylic acids is 1. The number of benzene rings is 2. The Labute approximate surface area is 140 Å². The third kappa shape index (κ3) is 4.39. The molecule has 2 aromatic carbocycles. The molecule has 0 atom stereocenters. The van der Waals surface area contributed by atoms with Gasteiger partial charge in [-0.3, -0.25) is 9.52 Å². The first-order valence-corrected chi connectivity index (χ1v) is 8.73. The molecule has 0 aliphatic rings. The number of anilines is 3. The van der Waals surface area contributed by atoms with Gasteiger partial charge in [0.25, 0.3) is 10.0 Å². The van der Waals surface area contributed by atoms with E-state index in [2.05, 4.69) is 10.0 Å². The van der Waals surface area contributed by atoms with Crippen LogP contribution in [0.4, 0.5) is 17.1 Å². The van der Waals surface area contributed by atoms with Crippen molar-refractivity contribution in [2.45, 2.75) is 18.7 Å². The second-order valence-corrected chi connectivity index (χ2v) is 6.68. The number of amides is 1. The molecular weight excluding hydrogens is 330 g/mol. The fourth-order valence-corrected chi connectivity index (χ4v) is 3.10. The first kappa shape index (κ1) is 17.6. The Morgan fingerprint density at radius 1 is 1.17 bits per heavy atom. The molecule has 0 radical (unpaired) electrons. The number of nitrogens with one attached hydrogen (secondary N) is 2. The summed E-state index contributed by atoms with van der Waals surface area (Å²) in [5, 5.41) is 2.57. The lowest BCUT2D eigenvalue weighted by Gasteiger charge is -2.12. The van der Waals surface area contributed by atoms with Gasteiger partial charge in [-0.25, -0.2) is 8.42 Å². The molecule has 0 spiro atoms. The molecule has 24 heavy (non-hydrogen) atoms. The number of hydrogen-bond donors (Lipinski definition) is 3. The van der Waals surface area contributed by atoms with Crippen LogP contribution in [0, 0.1) is 0 Å². The molecule has 0 aliphatic heterocycles. The van der Waals surface area contributed by atoms with Crippen molar-refractivity contribution in [3.8, 4) is 5.75 Å². The smallest absolute Gasteiger partial charge is 0.261 e. The van der Waals surface area contributed by atoms with Crippen molar-refractivity contribution in [1.29, 1.82) is 0 Å². The average Bonchev–Trinajstić information content (AvgIpc) is 2.50. The summed E-state index contributed by atoms with van der Waals surface area (Å²) in [6.07, 6.45) is 0. The number of ether oxygens (including phenoxy) is 1. The molecular formula is C16H19N3O4S. The Hall–Kier alpha value is -2.74. The van der Waals surface area contributed by atoms with E-state index in [0.29, 0.717) is 18.0 Å². The van der Waals surface area contributed by atoms with E-state index >= 15 is 0 Å². The minimum atomic E-state index is -3.79. The summed E-state index contributed by atoms with van der Waals surface area (Å²) < 4.78 is 32.6. The van der Waals surface area contributed by atoms with Gasteiger partial charge in [-0.15, -0.1) is 0 Å². The van der Waals surface area contributed by atoms with Crippen LogP contribution in [-0.4, -0.2) is 20.9 Å².